The predicted molar refractivity (Wildman–Crippen MR) is 97.4 cm³/mol. The monoisotopic (exact) mass is 329 g/mol. The average molecular weight is 329 g/mol. The summed E-state index contributed by atoms with van der Waals surface area (Å²) in [6.45, 7) is 8.09. The first-order valence-corrected chi connectivity index (χ1v) is 8.92. The van der Waals surface area contributed by atoms with Crippen LogP contribution in [-0.4, -0.2) is 38.1 Å². The van der Waals surface area contributed by atoms with Gasteiger partial charge in [-0.3, -0.25) is 4.79 Å². The molecular formula is C18H23N3OS. The highest BCUT2D eigenvalue weighted by Crippen LogP contribution is 2.31. The van der Waals surface area contributed by atoms with Gasteiger partial charge in [-0.15, -0.1) is 11.3 Å². The quantitative estimate of drug-likeness (QED) is 0.906. The van der Waals surface area contributed by atoms with Crippen molar-refractivity contribution in [3.05, 3.63) is 41.3 Å². The summed E-state index contributed by atoms with van der Waals surface area (Å²) < 4.78 is 0. The number of amides is 1. The molecule has 0 unspecified atom stereocenters. The number of rotatable bonds is 4. The van der Waals surface area contributed by atoms with Gasteiger partial charge in [0.05, 0.1) is 4.88 Å². The molecule has 0 radical (unpaired) electrons. The van der Waals surface area contributed by atoms with Gasteiger partial charge in [-0.1, -0.05) is 12.1 Å². The van der Waals surface area contributed by atoms with Crippen LogP contribution in [0.15, 0.2) is 36.4 Å². The van der Waals surface area contributed by atoms with E-state index in [1.807, 2.05) is 26.0 Å². The summed E-state index contributed by atoms with van der Waals surface area (Å²) in [5, 5.41) is 6.32. The van der Waals surface area contributed by atoms with Crippen molar-refractivity contribution < 1.29 is 4.79 Å². The van der Waals surface area contributed by atoms with Gasteiger partial charge in [0.25, 0.3) is 5.91 Å². The third-order valence-electron chi connectivity index (χ3n) is 3.86. The first-order valence-electron chi connectivity index (χ1n) is 8.10. The number of hydrogen-bond acceptors (Lipinski definition) is 4. The van der Waals surface area contributed by atoms with E-state index in [0.717, 1.165) is 35.9 Å². The molecule has 0 atom stereocenters. The zero-order valence-corrected chi connectivity index (χ0v) is 14.5. The maximum absolute atomic E-state index is 12.1. The number of piperazine rings is 1. The lowest BCUT2D eigenvalue weighted by atomic mass is 10.1. The molecule has 2 N–H and O–H groups in total. The Morgan fingerprint density at radius 3 is 2.74 bits per heavy atom. The number of carbonyl (C=O) groups excluding carboxylic acids is 1. The van der Waals surface area contributed by atoms with E-state index in [9.17, 15) is 4.79 Å². The van der Waals surface area contributed by atoms with Gasteiger partial charge in [0.1, 0.15) is 0 Å². The normalized spacial score (nSPS) is 15.0. The highest BCUT2D eigenvalue weighted by molar-refractivity contribution is 7.17. The lowest BCUT2D eigenvalue weighted by Gasteiger charge is -2.29. The molecule has 0 aliphatic carbocycles. The zero-order valence-electron chi connectivity index (χ0n) is 13.6. The van der Waals surface area contributed by atoms with Crippen molar-refractivity contribution in [2.24, 2.45) is 0 Å². The maximum atomic E-state index is 12.1. The minimum atomic E-state index is 0.00881. The average Bonchev–Trinajstić information content (AvgIpc) is 3.05. The molecule has 0 bridgehead atoms. The molecule has 2 heterocycles. The topological polar surface area (TPSA) is 44.4 Å². The molecule has 0 spiro atoms. The molecular weight excluding hydrogens is 306 g/mol. The van der Waals surface area contributed by atoms with Gasteiger partial charge in [0.2, 0.25) is 0 Å². The van der Waals surface area contributed by atoms with Gasteiger partial charge in [-0.05, 0) is 43.7 Å². The maximum Gasteiger partial charge on any atom is 0.261 e. The van der Waals surface area contributed by atoms with Crippen LogP contribution in [0.1, 0.15) is 23.5 Å². The number of benzene rings is 1. The largest absolute Gasteiger partial charge is 0.369 e. The van der Waals surface area contributed by atoms with Crippen LogP contribution in [0.4, 0.5) is 5.69 Å². The van der Waals surface area contributed by atoms with E-state index < -0.39 is 0 Å². The van der Waals surface area contributed by atoms with Crippen molar-refractivity contribution in [2.45, 2.75) is 19.9 Å². The number of nitrogens with zero attached hydrogens (tertiary/aromatic N) is 1. The van der Waals surface area contributed by atoms with Crippen LogP contribution in [0.25, 0.3) is 10.4 Å². The molecule has 2 aromatic rings. The van der Waals surface area contributed by atoms with Gasteiger partial charge in [-0.2, -0.15) is 0 Å². The SMILES string of the molecule is CC(C)NC(=O)c1ccc(-c2cccc(N3CCNCC3)c2)s1. The fourth-order valence-electron chi connectivity index (χ4n) is 2.73. The summed E-state index contributed by atoms with van der Waals surface area (Å²) >= 11 is 1.55. The summed E-state index contributed by atoms with van der Waals surface area (Å²) in [4.78, 5) is 16.4. The molecule has 1 aromatic heterocycles. The predicted octanol–water partition coefficient (Wildman–Crippen LogP) is 2.96. The third-order valence-corrected chi connectivity index (χ3v) is 5.00. The van der Waals surface area contributed by atoms with Crippen molar-refractivity contribution in [1.29, 1.82) is 0 Å². The van der Waals surface area contributed by atoms with Crippen LogP contribution in [-0.2, 0) is 0 Å². The Morgan fingerprint density at radius 1 is 1.22 bits per heavy atom. The molecule has 1 fully saturated rings. The standard InChI is InChI=1S/C18H23N3OS/c1-13(2)20-18(22)17-7-6-16(23-17)14-4-3-5-15(12-14)21-10-8-19-9-11-21/h3-7,12-13,19H,8-11H2,1-2H3,(H,20,22). The summed E-state index contributed by atoms with van der Waals surface area (Å²) in [5.74, 6) is 0.00881. The molecule has 5 heteroatoms. The summed E-state index contributed by atoms with van der Waals surface area (Å²) in [7, 11) is 0. The van der Waals surface area contributed by atoms with Gasteiger partial charge in [-0.25, -0.2) is 0 Å². The summed E-state index contributed by atoms with van der Waals surface area (Å²) in [6.07, 6.45) is 0. The molecule has 0 saturated carbocycles. The number of carbonyl (C=O) groups is 1. The third kappa shape index (κ3) is 3.92. The Hall–Kier alpha value is -1.85. The van der Waals surface area contributed by atoms with Crippen LogP contribution >= 0.6 is 11.3 Å². The summed E-state index contributed by atoms with van der Waals surface area (Å²) in [5.41, 5.74) is 2.43. The number of anilines is 1. The smallest absolute Gasteiger partial charge is 0.261 e. The van der Waals surface area contributed by atoms with Crippen LogP contribution in [0, 0.1) is 0 Å². The Morgan fingerprint density at radius 2 is 2.00 bits per heavy atom. The molecule has 1 aromatic carbocycles. The lowest BCUT2D eigenvalue weighted by Crippen LogP contribution is -2.43. The van der Waals surface area contributed by atoms with Gasteiger partial charge in [0, 0.05) is 42.8 Å². The minimum absolute atomic E-state index is 0.00881. The molecule has 4 nitrogen and oxygen atoms in total. The van der Waals surface area contributed by atoms with Gasteiger partial charge >= 0.3 is 0 Å². The highest BCUT2D eigenvalue weighted by Gasteiger charge is 2.13. The van der Waals surface area contributed by atoms with Crippen LogP contribution in [0.5, 0.6) is 0 Å². The van der Waals surface area contributed by atoms with Crippen LogP contribution < -0.4 is 15.5 Å². The van der Waals surface area contributed by atoms with E-state index >= 15 is 0 Å². The van der Waals surface area contributed by atoms with Crippen molar-refractivity contribution >= 4 is 22.9 Å². The molecule has 1 aliphatic heterocycles. The Kier molecular flexibility index (Phi) is 4.98. The highest BCUT2D eigenvalue weighted by atomic mass is 32.1. The lowest BCUT2D eigenvalue weighted by molar-refractivity contribution is 0.0947. The molecule has 122 valence electrons. The molecule has 1 amide bonds. The molecule has 23 heavy (non-hydrogen) atoms. The Bertz CT molecular complexity index is 674. The second kappa shape index (κ2) is 7.15. The van der Waals surface area contributed by atoms with Crippen LogP contribution in [0.3, 0.4) is 0 Å². The van der Waals surface area contributed by atoms with Crippen LogP contribution in [0.2, 0.25) is 0 Å². The Labute approximate surface area is 141 Å². The molecule has 1 saturated heterocycles. The summed E-state index contributed by atoms with van der Waals surface area (Å²) in [6, 6.07) is 12.7. The van der Waals surface area contributed by atoms with Crippen molar-refractivity contribution in [2.75, 3.05) is 31.1 Å². The van der Waals surface area contributed by atoms with Crippen molar-refractivity contribution in [3.63, 3.8) is 0 Å². The zero-order chi connectivity index (χ0) is 16.2. The number of thiophene rings is 1. The van der Waals surface area contributed by atoms with Gasteiger partial charge in [0.15, 0.2) is 0 Å². The second-order valence-electron chi connectivity index (χ2n) is 6.08. The number of hydrogen-bond donors (Lipinski definition) is 2. The van der Waals surface area contributed by atoms with E-state index in [1.165, 1.54) is 11.3 Å². The first-order chi connectivity index (χ1) is 11.1. The van der Waals surface area contributed by atoms with E-state index in [0.29, 0.717) is 0 Å². The first kappa shape index (κ1) is 16.0. The molecule has 1 aliphatic rings. The fourth-order valence-corrected chi connectivity index (χ4v) is 3.63. The van der Waals surface area contributed by atoms with Crippen molar-refractivity contribution in [1.82, 2.24) is 10.6 Å². The van der Waals surface area contributed by atoms with Crippen molar-refractivity contribution in [3.8, 4) is 10.4 Å². The fraction of sp³-hybridized carbons (Fsp3) is 0.389. The van der Waals surface area contributed by atoms with E-state index in [4.69, 9.17) is 0 Å². The second-order valence-corrected chi connectivity index (χ2v) is 7.16. The van der Waals surface area contributed by atoms with Gasteiger partial charge < -0.3 is 15.5 Å². The Balaban J connectivity index is 1.79. The van der Waals surface area contributed by atoms with E-state index in [-0.39, 0.29) is 11.9 Å². The van der Waals surface area contributed by atoms with E-state index in [2.05, 4.69) is 39.8 Å². The van der Waals surface area contributed by atoms with E-state index in [1.54, 1.807) is 11.3 Å². The minimum Gasteiger partial charge on any atom is -0.369 e. The number of nitrogens with one attached hydrogen (secondary N) is 2. The molecule has 3 rings (SSSR count).